The van der Waals surface area contributed by atoms with Crippen LogP contribution >= 0.6 is 0 Å². The molecule has 0 atom stereocenters. The number of hydrogen-bond donors (Lipinski definition) is 2. The fourth-order valence-electron chi connectivity index (χ4n) is 2.92. The fraction of sp³-hybridized carbons (Fsp3) is 0.0476. The van der Waals surface area contributed by atoms with Gasteiger partial charge in [-0.2, -0.15) is 0 Å². The van der Waals surface area contributed by atoms with E-state index in [-0.39, 0.29) is 28.9 Å². The Morgan fingerprint density at radius 2 is 1.67 bits per heavy atom. The van der Waals surface area contributed by atoms with Gasteiger partial charge in [0.1, 0.15) is 16.5 Å². The van der Waals surface area contributed by atoms with Crippen molar-refractivity contribution in [1.29, 1.82) is 0 Å². The predicted molar refractivity (Wildman–Crippen MR) is 111 cm³/mol. The van der Waals surface area contributed by atoms with Crippen LogP contribution in [0.1, 0.15) is 16.8 Å². The largest absolute Gasteiger partial charge is 0.324 e. The number of nitrogens with one attached hydrogen (secondary N) is 2. The van der Waals surface area contributed by atoms with Crippen LogP contribution in [0.5, 0.6) is 0 Å². The minimum absolute atomic E-state index is 0.0288. The summed E-state index contributed by atoms with van der Waals surface area (Å²) in [5, 5.41) is 2.93. The molecule has 1 aliphatic rings. The van der Waals surface area contributed by atoms with Crippen LogP contribution in [-0.2, 0) is 16.6 Å². The summed E-state index contributed by atoms with van der Waals surface area (Å²) in [5.74, 6) is -0.978. The summed E-state index contributed by atoms with van der Waals surface area (Å²) in [6.45, 7) is -0.153. The van der Waals surface area contributed by atoms with Gasteiger partial charge in [0.05, 0.1) is 17.9 Å². The van der Waals surface area contributed by atoms with Crippen molar-refractivity contribution in [3.05, 3.63) is 89.2 Å². The number of guanidine groups is 1. The highest BCUT2D eigenvalue weighted by Gasteiger charge is 2.27. The van der Waals surface area contributed by atoms with Crippen molar-refractivity contribution in [2.45, 2.75) is 11.4 Å². The Hall–Kier alpha value is -3.59. The van der Waals surface area contributed by atoms with Crippen LogP contribution in [-0.4, -0.2) is 19.4 Å². The molecule has 0 saturated carbocycles. The molecule has 0 aliphatic carbocycles. The molecule has 0 bridgehead atoms. The zero-order valence-corrected chi connectivity index (χ0v) is 16.3. The maximum atomic E-state index is 13.9. The zero-order valence-electron chi connectivity index (χ0n) is 15.5. The lowest BCUT2D eigenvalue weighted by atomic mass is 10.1. The summed E-state index contributed by atoms with van der Waals surface area (Å²) in [6, 6.07) is 13.7. The van der Waals surface area contributed by atoms with Gasteiger partial charge >= 0.3 is 0 Å². The van der Waals surface area contributed by atoms with Gasteiger partial charge in [0.15, 0.2) is 0 Å². The van der Waals surface area contributed by atoms with E-state index in [0.29, 0.717) is 16.8 Å². The number of halogens is 2. The molecule has 2 N–H and O–H groups in total. The lowest BCUT2D eigenvalue weighted by Gasteiger charge is -2.23. The highest BCUT2D eigenvalue weighted by Crippen LogP contribution is 2.30. The molecule has 152 valence electrons. The smallest absolute Gasteiger partial charge is 0.266 e. The molecule has 6 nitrogen and oxygen atoms in total. The van der Waals surface area contributed by atoms with Gasteiger partial charge in [0.25, 0.3) is 10.0 Å². The number of para-hydroxylation sites is 1. The minimum atomic E-state index is -3.88. The number of rotatable bonds is 4. The number of nitrogens with zero attached hydrogens (tertiary/aromatic N) is 2. The van der Waals surface area contributed by atoms with Crippen molar-refractivity contribution in [2.24, 2.45) is 4.99 Å². The second kappa shape index (κ2) is 8.03. The van der Waals surface area contributed by atoms with E-state index in [0.717, 1.165) is 0 Å². The molecule has 0 radical (unpaired) electrons. The van der Waals surface area contributed by atoms with E-state index in [9.17, 15) is 17.2 Å². The Kier molecular flexibility index (Phi) is 5.28. The number of benzene rings is 2. The van der Waals surface area contributed by atoms with E-state index in [1.165, 1.54) is 30.5 Å². The van der Waals surface area contributed by atoms with Crippen LogP contribution in [0.4, 0.5) is 14.5 Å². The average Bonchev–Trinajstić information content (AvgIpc) is 2.72. The van der Waals surface area contributed by atoms with Gasteiger partial charge in [0, 0.05) is 11.8 Å². The first kappa shape index (κ1) is 19.7. The summed E-state index contributed by atoms with van der Waals surface area (Å²) in [6.07, 6.45) is 4.60. The van der Waals surface area contributed by atoms with E-state index in [1.807, 2.05) is 0 Å². The molecule has 0 saturated heterocycles. The molecule has 4 rings (SSSR count). The number of sulfonamides is 1. The number of anilines is 1. The normalized spacial score (nSPS) is 16.1. The van der Waals surface area contributed by atoms with E-state index < -0.39 is 15.8 Å². The molecule has 3 aromatic rings. The number of aliphatic imine (C=N–C) groups is 1. The van der Waals surface area contributed by atoms with Gasteiger partial charge < -0.3 is 5.32 Å². The van der Waals surface area contributed by atoms with Crippen LogP contribution in [0.2, 0.25) is 0 Å². The zero-order chi connectivity index (χ0) is 21.1. The Labute approximate surface area is 172 Å². The van der Waals surface area contributed by atoms with Crippen molar-refractivity contribution in [1.82, 2.24) is 9.71 Å². The predicted octanol–water partition coefficient (Wildman–Crippen LogP) is 3.79. The van der Waals surface area contributed by atoms with Crippen LogP contribution in [0.3, 0.4) is 0 Å². The topological polar surface area (TPSA) is 83.5 Å². The Morgan fingerprint density at radius 3 is 2.47 bits per heavy atom. The summed E-state index contributed by atoms with van der Waals surface area (Å²) < 4.78 is 55.2. The maximum Gasteiger partial charge on any atom is 0.266 e. The number of fused-ring (bicyclic) bond motifs is 1. The highest BCUT2D eigenvalue weighted by molar-refractivity contribution is 7.90. The quantitative estimate of drug-likeness (QED) is 0.622. The number of pyridine rings is 1. The average molecular weight is 426 g/mol. The SMILES string of the molecule is O=S1(=O)NC(=NCc2ncccc2F)Nc2c(C=Cc3ccccc3F)cccc21. The van der Waals surface area contributed by atoms with Crippen molar-refractivity contribution < 1.29 is 17.2 Å². The molecular formula is C21H16F2N4O2S. The molecule has 1 aliphatic heterocycles. The lowest BCUT2D eigenvalue weighted by Crippen LogP contribution is -2.41. The molecule has 0 spiro atoms. The van der Waals surface area contributed by atoms with Gasteiger partial charge in [-0.15, -0.1) is 0 Å². The van der Waals surface area contributed by atoms with Gasteiger partial charge in [-0.1, -0.05) is 42.5 Å². The van der Waals surface area contributed by atoms with E-state index >= 15 is 0 Å². The van der Waals surface area contributed by atoms with Gasteiger partial charge in [-0.3, -0.25) is 4.98 Å². The minimum Gasteiger partial charge on any atom is -0.324 e. The summed E-state index contributed by atoms with van der Waals surface area (Å²) >= 11 is 0. The number of hydrogen-bond acceptors (Lipinski definition) is 4. The van der Waals surface area contributed by atoms with Gasteiger partial charge in [-0.25, -0.2) is 26.9 Å². The second-order valence-electron chi connectivity index (χ2n) is 6.40. The first-order valence-corrected chi connectivity index (χ1v) is 10.4. The van der Waals surface area contributed by atoms with Gasteiger partial charge in [-0.05, 0) is 29.8 Å². The molecule has 2 aromatic carbocycles. The van der Waals surface area contributed by atoms with Crippen LogP contribution in [0, 0.1) is 11.6 Å². The highest BCUT2D eigenvalue weighted by atomic mass is 32.2. The van der Waals surface area contributed by atoms with E-state index in [4.69, 9.17) is 0 Å². The molecule has 2 heterocycles. The molecule has 30 heavy (non-hydrogen) atoms. The summed E-state index contributed by atoms with van der Waals surface area (Å²) in [7, 11) is -3.88. The van der Waals surface area contributed by atoms with Crippen molar-refractivity contribution in [3.63, 3.8) is 0 Å². The van der Waals surface area contributed by atoms with Crippen LogP contribution < -0.4 is 10.0 Å². The standard InChI is InChI=1S/C21H16F2N4O2S/c22-16-7-2-1-5-14(16)10-11-15-6-3-9-19-20(15)26-21(27-30(19,28)29)25-13-18-17(23)8-4-12-24-18/h1-12H,13H2,(H2,25,26,27). The Morgan fingerprint density at radius 1 is 0.933 bits per heavy atom. The maximum absolute atomic E-state index is 13.9. The van der Waals surface area contributed by atoms with Crippen molar-refractivity contribution >= 4 is 33.8 Å². The first-order chi connectivity index (χ1) is 14.4. The van der Waals surface area contributed by atoms with Crippen molar-refractivity contribution in [2.75, 3.05) is 5.32 Å². The third-order valence-corrected chi connectivity index (χ3v) is 5.77. The van der Waals surface area contributed by atoms with Crippen molar-refractivity contribution in [3.8, 4) is 0 Å². The van der Waals surface area contributed by atoms with Gasteiger partial charge in [0.2, 0.25) is 5.96 Å². The molecule has 0 fully saturated rings. The number of aromatic nitrogens is 1. The summed E-state index contributed by atoms with van der Waals surface area (Å²) in [5.41, 5.74) is 1.28. The Bertz CT molecular complexity index is 1270. The fourth-order valence-corrected chi connectivity index (χ4v) is 4.10. The first-order valence-electron chi connectivity index (χ1n) is 8.93. The lowest BCUT2D eigenvalue weighted by molar-refractivity contribution is 0.591. The third-order valence-electron chi connectivity index (χ3n) is 4.39. The molecular weight excluding hydrogens is 410 g/mol. The van der Waals surface area contributed by atoms with E-state index in [1.54, 1.807) is 42.5 Å². The third kappa shape index (κ3) is 4.06. The van der Waals surface area contributed by atoms with E-state index in [2.05, 4.69) is 20.0 Å². The van der Waals surface area contributed by atoms with Crippen LogP contribution in [0.15, 0.2) is 70.7 Å². The molecule has 0 unspecified atom stereocenters. The molecule has 0 amide bonds. The van der Waals surface area contributed by atoms with Crippen LogP contribution in [0.25, 0.3) is 12.2 Å². The monoisotopic (exact) mass is 426 g/mol. The summed E-state index contributed by atoms with van der Waals surface area (Å²) in [4.78, 5) is 8.04. The molecule has 1 aromatic heterocycles. The molecule has 9 heteroatoms. The second-order valence-corrected chi connectivity index (χ2v) is 8.05. The Balaban J connectivity index is 1.68.